The highest BCUT2D eigenvalue weighted by molar-refractivity contribution is 5.82. The number of hydrogen-bond donors (Lipinski definition) is 2. The minimum absolute atomic E-state index is 0.0481. The second-order valence-corrected chi connectivity index (χ2v) is 5.88. The summed E-state index contributed by atoms with van der Waals surface area (Å²) in [5.74, 6) is 0.441. The third-order valence-electron chi connectivity index (χ3n) is 3.83. The van der Waals surface area contributed by atoms with Gasteiger partial charge in [0.05, 0.1) is 6.04 Å². The van der Waals surface area contributed by atoms with Crippen LogP contribution in [0.5, 0.6) is 0 Å². The molecule has 4 heteroatoms. The Labute approximate surface area is 120 Å². The van der Waals surface area contributed by atoms with Gasteiger partial charge in [0, 0.05) is 6.04 Å². The lowest BCUT2D eigenvalue weighted by Crippen LogP contribution is -2.50. The molecule has 1 heterocycles. The maximum atomic E-state index is 12.8. The summed E-state index contributed by atoms with van der Waals surface area (Å²) >= 11 is 0. The van der Waals surface area contributed by atoms with Gasteiger partial charge in [-0.15, -0.1) is 0 Å². The molecule has 0 spiro atoms. The summed E-state index contributed by atoms with van der Waals surface area (Å²) in [6.07, 6.45) is 2.75. The molecule has 1 aliphatic heterocycles. The molecule has 3 nitrogen and oxygen atoms in total. The van der Waals surface area contributed by atoms with E-state index in [4.69, 9.17) is 0 Å². The molecule has 0 aromatic heterocycles. The molecule has 1 amide bonds. The third-order valence-corrected chi connectivity index (χ3v) is 3.83. The van der Waals surface area contributed by atoms with Gasteiger partial charge in [0.2, 0.25) is 5.91 Å². The van der Waals surface area contributed by atoms with Crippen molar-refractivity contribution in [3.63, 3.8) is 0 Å². The zero-order valence-electron chi connectivity index (χ0n) is 12.2. The largest absolute Gasteiger partial charge is 0.352 e. The van der Waals surface area contributed by atoms with Crippen molar-refractivity contribution in [1.29, 1.82) is 0 Å². The van der Waals surface area contributed by atoms with Crippen LogP contribution in [0.4, 0.5) is 4.39 Å². The van der Waals surface area contributed by atoms with Crippen LogP contribution in [0, 0.1) is 11.7 Å². The van der Waals surface area contributed by atoms with Gasteiger partial charge >= 0.3 is 0 Å². The summed E-state index contributed by atoms with van der Waals surface area (Å²) in [7, 11) is 0. The van der Waals surface area contributed by atoms with Crippen molar-refractivity contribution in [2.75, 3.05) is 6.54 Å². The van der Waals surface area contributed by atoms with E-state index in [1.54, 1.807) is 12.1 Å². The highest BCUT2D eigenvalue weighted by Crippen LogP contribution is 2.15. The second kappa shape index (κ2) is 6.84. The SMILES string of the molecule is CC1CCNC(C(=O)NC(C)Cc2ccc(F)cc2)C1. The molecular weight excluding hydrogens is 255 g/mol. The number of halogens is 1. The Bertz CT molecular complexity index is 446. The smallest absolute Gasteiger partial charge is 0.237 e. The van der Waals surface area contributed by atoms with Crippen LogP contribution in [-0.4, -0.2) is 24.5 Å². The minimum atomic E-state index is -0.231. The van der Waals surface area contributed by atoms with E-state index in [0.29, 0.717) is 12.3 Å². The molecular formula is C16H23FN2O. The quantitative estimate of drug-likeness (QED) is 0.887. The minimum Gasteiger partial charge on any atom is -0.352 e. The lowest BCUT2D eigenvalue weighted by molar-refractivity contribution is -0.124. The van der Waals surface area contributed by atoms with E-state index in [-0.39, 0.29) is 23.8 Å². The highest BCUT2D eigenvalue weighted by atomic mass is 19.1. The number of rotatable bonds is 4. The van der Waals surface area contributed by atoms with Crippen LogP contribution in [-0.2, 0) is 11.2 Å². The Hall–Kier alpha value is -1.42. The van der Waals surface area contributed by atoms with E-state index in [2.05, 4.69) is 17.6 Å². The number of amides is 1. The molecule has 1 aliphatic rings. The van der Waals surface area contributed by atoms with E-state index in [1.165, 1.54) is 12.1 Å². The predicted octanol–water partition coefficient (Wildman–Crippen LogP) is 2.26. The van der Waals surface area contributed by atoms with Crippen LogP contribution in [0.15, 0.2) is 24.3 Å². The van der Waals surface area contributed by atoms with E-state index in [1.807, 2.05) is 6.92 Å². The molecule has 1 fully saturated rings. The summed E-state index contributed by atoms with van der Waals surface area (Å²) in [6.45, 7) is 5.07. The van der Waals surface area contributed by atoms with Gasteiger partial charge in [-0.1, -0.05) is 19.1 Å². The topological polar surface area (TPSA) is 41.1 Å². The third kappa shape index (κ3) is 4.30. The highest BCUT2D eigenvalue weighted by Gasteiger charge is 2.25. The van der Waals surface area contributed by atoms with Crippen molar-refractivity contribution in [1.82, 2.24) is 10.6 Å². The summed E-state index contributed by atoms with van der Waals surface area (Å²) < 4.78 is 12.8. The average molecular weight is 278 g/mol. The predicted molar refractivity (Wildman–Crippen MR) is 77.9 cm³/mol. The number of carbonyl (C=O) groups excluding carboxylic acids is 1. The summed E-state index contributed by atoms with van der Waals surface area (Å²) in [5, 5.41) is 6.30. The summed E-state index contributed by atoms with van der Waals surface area (Å²) in [6, 6.07) is 6.40. The molecule has 1 saturated heterocycles. The monoisotopic (exact) mass is 278 g/mol. The van der Waals surface area contributed by atoms with Crippen molar-refractivity contribution in [2.24, 2.45) is 5.92 Å². The Morgan fingerprint density at radius 2 is 2.15 bits per heavy atom. The van der Waals surface area contributed by atoms with Gasteiger partial charge in [-0.25, -0.2) is 4.39 Å². The van der Waals surface area contributed by atoms with Crippen molar-refractivity contribution in [3.05, 3.63) is 35.6 Å². The van der Waals surface area contributed by atoms with Crippen molar-refractivity contribution in [3.8, 4) is 0 Å². The number of piperidine rings is 1. The van der Waals surface area contributed by atoms with Crippen LogP contribution >= 0.6 is 0 Å². The molecule has 0 radical (unpaired) electrons. The number of benzene rings is 1. The first-order chi connectivity index (χ1) is 9.54. The molecule has 0 saturated carbocycles. The van der Waals surface area contributed by atoms with Crippen molar-refractivity contribution in [2.45, 2.75) is 45.2 Å². The second-order valence-electron chi connectivity index (χ2n) is 5.88. The van der Waals surface area contributed by atoms with Gasteiger partial charge in [-0.2, -0.15) is 0 Å². The maximum Gasteiger partial charge on any atom is 0.237 e. The molecule has 3 atom stereocenters. The van der Waals surface area contributed by atoms with Gasteiger partial charge in [-0.3, -0.25) is 4.79 Å². The first-order valence-corrected chi connectivity index (χ1v) is 7.33. The van der Waals surface area contributed by atoms with E-state index in [9.17, 15) is 9.18 Å². The van der Waals surface area contributed by atoms with E-state index in [0.717, 1.165) is 24.9 Å². The number of nitrogens with one attached hydrogen (secondary N) is 2. The Morgan fingerprint density at radius 1 is 1.45 bits per heavy atom. The molecule has 0 aliphatic carbocycles. The maximum absolute atomic E-state index is 12.8. The van der Waals surface area contributed by atoms with Gasteiger partial charge in [-0.05, 0) is 56.3 Å². The van der Waals surface area contributed by atoms with Gasteiger partial charge < -0.3 is 10.6 Å². The lowest BCUT2D eigenvalue weighted by Gasteiger charge is -2.28. The van der Waals surface area contributed by atoms with Gasteiger partial charge in [0.1, 0.15) is 5.82 Å². The molecule has 1 aromatic carbocycles. The Kier molecular flexibility index (Phi) is 5.12. The fourth-order valence-corrected chi connectivity index (χ4v) is 2.68. The normalized spacial score (nSPS) is 24.1. The molecule has 110 valence electrons. The molecule has 2 rings (SSSR count). The first kappa shape index (κ1) is 15.0. The zero-order valence-corrected chi connectivity index (χ0v) is 12.2. The molecule has 2 N–H and O–H groups in total. The van der Waals surface area contributed by atoms with Crippen LogP contribution in [0.1, 0.15) is 32.3 Å². The number of hydrogen-bond acceptors (Lipinski definition) is 2. The molecule has 20 heavy (non-hydrogen) atoms. The fraction of sp³-hybridized carbons (Fsp3) is 0.562. The van der Waals surface area contributed by atoms with Crippen molar-refractivity contribution < 1.29 is 9.18 Å². The molecule has 0 bridgehead atoms. The first-order valence-electron chi connectivity index (χ1n) is 7.33. The van der Waals surface area contributed by atoms with E-state index >= 15 is 0 Å². The van der Waals surface area contributed by atoms with Crippen LogP contribution < -0.4 is 10.6 Å². The Morgan fingerprint density at radius 3 is 2.80 bits per heavy atom. The Balaban J connectivity index is 1.82. The summed E-state index contributed by atoms with van der Waals surface area (Å²) in [4.78, 5) is 12.2. The average Bonchev–Trinajstić information content (AvgIpc) is 2.41. The fourth-order valence-electron chi connectivity index (χ4n) is 2.68. The molecule has 1 aromatic rings. The van der Waals surface area contributed by atoms with Crippen LogP contribution in [0.3, 0.4) is 0 Å². The summed E-state index contributed by atoms with van der Waals surface area (Å²) in [5.41, 5.74) is 1.03. The van der Waals surface area contributed by atoms with Crippen LogP contribution in [0.25, 0.3) is 0 Å². The number of carbonyl (C=O) groups is 1. The van der Waals surface area contributed by atoms with E-state index < -0.39 is 0 Å². The van der Waals surface area contributed by atoms with Gasteiger partial charge in [0.15, 0.2) is 0 Å². The van der Waals surface area contributed by atoms with Crippen molar-refractivity contribution >= 4 is 5.91 Å². The lowest BCUT2D eigenvalue weighted by atomic mass is 9.93. The standard InChI is InChI=1S/C16H23FN2O/c1-11-7-8-18-15(9-11)16(20)19-12(2)10-13-3-5-14(17)6-4-13/h3-6,11-12,15,18H,7-10H2,1-2H3,(H,19,20). The zero-order chi connectivity index (χ0) is 14.5. The van der Waals surface area contributed by atoms with Gasteiger partial charge in [0.25, 0.3) is 0 Å². The molecule has 3 unspecified atom stereocenters. The van der Waals surface area contributed by atoms with Crippen LogP contribution in [0.2, 0.25) is 0 Å².